The van der Waals surface area contributed by atoms with Gasteiger partial charge in [-0.1, -0.05) is 17.7 Å². The zero-order valence-corrected chi connectivity index (χ0v) is 11.3. The summed E-state index contributed by atoms with van der Waals surface area (Å²) in [5.41, 5.74) is 0.226. The molecule has 0 aliphatic carbocycles. The van der Waals surface area contributed by atoms with Crippen molar-refractivity contribution >= 4 is 23.4 Å². The first-order valence-electron chi connectivity index (χ1n) is 5.53. The Morgan fingerprint density at radius 2 is 2.00 bits per heavy atom. The minimum atomic E-state index is -4.47. The fraction of sp³-hybridized carbons (Fsp3) is 0.333. The van der Waals surface area contributed by atoms with E-state index >= 15 is 0 Å². The fourth-order valence-corrected chi connectivity index (χ4v) is 1.57. The first-order valence-corrected chi connectivity index (χ1v) is 5.91. The molecule has 0 atom stereocenters. The third-order valence-electron chi connectivity index (χ3n) is 2.33. The predicted molar refractivity (Wildman–Crippen MR) is 67.5 cm³/mol. The van der Waals surface area contributed by atoms with Crippen molar-refractivity contribution in [1.29, 1.82) is 0 Å². The van der Waals surface area contributed by atoms with Crippen LogP contribution in [0.1, 0.15) is 10.4 Å². The third-order valence-corrected chi connectivity index (χ3v) is 2.56. The van der Waals surface area contributed by atoms with Gasteiger partial charge in [-0.05, 0) is 18.2 Å². The number of carbonyl (C=O) groups is 2. The Morgan fingerprint density at radius 1 is 1.35 bits per heavy atom. The molecule has 0 bridgehead atoms. The lowest BCUT2D eigenvalue weighted by atomic mass is 10.2. The largest absolute Gasteiger partial charge is 0.406 e. The molecule has 4 nitrogen and oxygen atoms in total. The lowest BCUT2D eigenvalue weighted by Gasteiger charge is -2.19. The van der Waals surface area contributed by atoms with Crippen molar-refractivity contribution in [3.05, 3.63) is 34.9 Å². The number of nitrogens with zero attached hydrogens (tertiary/aromatic N) is 1. The van der Waals surface area contributed by atoms with Crippen molar-refractivity contribution in [3.63, 3.8) is 0 Å². The molecule has 2 amide bonds. The highest BCUT2D eigenvalue weighted by atomic mass is 35.5. The van der Waals surface area contributed by atoms with Crippen LogP contribution in [0.4, 0.5) is 13.2 Å². The first kappa shape index (κ1) is 16.3. The molecule has 1 aromatic carbocycles. The minimum Gasteiger partial charge on any atom is -0.343 e. The highest BCUT2D eigenvalue weighted by Crippen LogP contribution is 2.15. The average Bonchev–Trinajstić information content (AvgIpc) is 2.33. The smallest absolute Gasteiger partial charge is 0.343 e. The maximum atomic E-state index is 12.1. The van der Waals surface area contributed by atoms with E-state index in [0.717, 1.165) is 7.05 Å². The van der Waals surface area contributed by atoms with Crippen molar-refractivity contribution in [3.8, 4) is 0 Å². The van der Waals surface area contributed by atoms with Crippen LogP contribution in [0.5, 0.6) is 0 Å². The number of hydrogen-bond donors (Lipinski definition) is 1. The normalized spacial score (nSPS) is 11.1. The van der Waals surface area contributed by atoms with Crippen LogP contribution >= 0.6 is 11.6 Å². The van der Waals surface area contributed by atoms with E-state index in [1.807, 2.05) is 0 Å². The summed E-state index contributed by atoms with van der Waals surface area (Å²) in [7, 11) is 1.02. The van der Waals surface area contributed by atoms with E-state index < -0.39 is 31.1 Å². The summed E-state index contributed by atoms with van der Waals surface area (Å²) >= 11 is 5.69. The van der Waals surface area contributed by atoms with E-state index in [2.05, 4.69) is 5.32 Å². The summed E-state index contributed by atoms with van der Waals surface area (Å²) in [6.45, 7) is -1.88. The van der Waals surface area contributed by atoms with Crippen LogP contribution < -0.4 is 5.32 Å². The second-order valence-corrected chi connectivity index (χ2v) is 4.49. The highest BCUT2D eigenvalue weighted by Gasteiger charge is 2.31. The molecule has 0 fully saturated rings. The molecule has 0 spiro atoms. The summed E-state index contributed by atoms with van der Waals surface area (Å²) in [5, 5.41) is 2.58. The van der Waals surface area contributed by atoms with Crippen molar-refractivity contribution in [2.45, 2.75) is 6.18 Å². The van der Waals surface area contributed by atoms with Crippen LogP contribution in [-0.4, -0.2) is 43.0 Å². The van der Waals surface area contributed by atoms with E-state index in [-0.39, 0.29) is 5.56 Å². The maximum absolute atomic E-state index is 12.1. The van der Waals surface area contributed by atoms with Crippen LogP contribution in [0, 0.1) is 0 Å². The molecular weight excluding hydrogens is 297 g/mol. The maximum Gasteiger partial charge on any atom is 0.406 e. The van der Waals surface area contributed by atoms with Crippen molar-refractivity contribution in [1.82, 2.24) is 10.2 Å². The molecule has 0 saturated heterocycles. The molecule has 20 heavy (non-hydrogen) atoms. The van der Waals surface area contributed by atoms with E-state index in [1.165, 1.54) is 12.1 Å². The van der Waals surface area contributed by atoms with E-state index in [9.17, 15) is 22.8 Å². The fourth-order valence-electron chi connectivity index (χ4n) is 1.38. The Bertz CT molecular complexity index is 506. The number of amides is 2. The molecule has 0 aliphatic rings. The Labute approximate surface area is 118 Å². The van der Waals surface area contributed by atoms with Gasteiger partial charge in [-0.15, -0.1) is 0 Å². The van der Waals surface area contributed by atoms with Gasteiger partial charge in [0.05, 0.1) is 6.54 Å². The molecule has 0 unspecified atom stereocenters. The molecule has 0 saturated carbocycles. The van der Waals surface area contributed by atoms with Crippen LogP contribution in [0.2, 0.25) is 5.02 Å². The number of nitrogens with one attached hydrogen (secondary N) is 1. The topological polar surface area (TPSA) is 49.4 Å². The van der Waals surface area contributed by atoms with E-state index in [1.54, 1.807) is 12.1 Å². The minimum absolute atomic E-state index is 0.226. The van der Waals surface area contributed by atoms with Crippen LogP contribution in [0.25, 0.3) is 0 Å². The second kappa shape index (κ2) is 6.60. The standard InChI is InChI=1S/C12H12ClF3N2O2/c1-18(7-12(14,15)16)10(19)6-17-11(20)8-3-2-4-9(13)5-8/h2-5H,6-7H2,1H3,(H,17,20). The number of halogens is 4. The molecule has 0 radical (unpaired) electrons. The molecule has 1 aromatic rings. The Kier molecular flexibility index (Phi) is 5.38. The molecule has 1 rings (SSSR count). The molecule has 0 heterocycles. The number of likely N-dealkylation sites (N-methyl/N-ethyl adjacent to an activating group) is 1. The molecule has 110 valence electrons. The van der Waals surface area contributed by atoms with E-state index in [4.69, 9.17) is 11.6 Å². The SMILES string of the molecule is CN(CC(F)(F)F)C(=O)CNC(=O)c1cccc(Cl)c1. The van der Waals surface area contributed by atoms with Gasteiger partial charge >= 0.3 is 6.18 Å². The van der Waals surface area contributed by atoms with Gasteiger partial charge < -0.3 is 10.2 Å². The first-order chi connectivity index (χ1) is 9.19. The average molecular weight is 309 g/mol. The van der Waals surface area contributed by atoms with Gasteiger partial charge in [-0.3, -0.25) is 9.59 Å². The van der Waals surface area contributed by atoms with Crippen LogP contribution in [0.3, 0.4) is 0 Å². The highest BCUT2D eigenvalue weighted by molar-refractivity contribution is 6.30. The van der Waals surface area contributed by atoms with Gasteiger partial charge in [0.25, 0.3) is 5.91 Å². The van der Waals surface area contributed by atoms with Gasteiger partial charge in [0.15, 0.2) is 0 Å². The van der Waals surface area contributed by atoms with E-state index in [0.29, 0.717) is 9.92 Å². The molecule has 8 heteroatoms. The van der Waals surface area contributed by atoms with Crippen LogP contribution in [-0.2, 0) is 4.79 Å². The predicted octanol–water partition coefficient (Wildman–Crippen LogP) is 2.09. The van der Waals surface area contributed by atoms with Gasteiger partial charge in [0, 0.05) is 17.6 Å². The lowest BCUT2D eigenvalue weighted by Crippen LogP contribution is -2.42. The summed E-state index contributed by atoms with van der Waals surface area (Å²) in [4.78, 5) is 23.6. The summed E-state index contributed by atoms with van der Waals surface area (Å²) in [5.74, 6) is -1.42. The van der Waals surface area contributed by atoms with Gasteiger partial charge in [-0.25, -0.2) is 0 Å². The Balaban J connectivity index is 2.51. The van der Waals surface area contributed by atoms with Gasteiger partial charge in [0.1, 0.15) is 6.54 Å². The van der Waals surface area contributed by atoms with Crippen LogP contribution in [0.15, 0.2) is 24.3 Å². The summed E-state index contributed by atoms with van der Waals surface area (Å²) < 4.78 is 36.2. The van der Waals surface area contributed by atoms with Crippen molar-refractivity contribution in [2.24, 2.45) is 0 Å². The quantitative estimate of drug-likeness (QED) is 0.926. The lowest BCUT2D eigenvalue weighted by molar-refractivity contribution is -0.157. The van der Waals surface area contributed by atoms with Crippen molar-refractivity contribution < 1.29 is 22.8 Å². The second-order valence-electron chi connectivity index (χ2n) is 4.06. The number of alkyl halides is 3. The third kappa shape index (κ3) is 5.48. The number of carbonyl (C=O) groups excluding carboxylic acids is 2. The number of benzene rings is 1. The molecule has 0 aliphatic heterocycles. The zero-order chi connectivity index (χ0) is 15.3. The molecule has 0 aromatic heterocycles. The molecule has 1 N–H and O–H groups in total. The summed E-state index contributed by atoms with van der Waals surface area (Å²) in [6.07, 6.45) is -4.47. The molecular formula is C12H12ClF3N2O2. The monoisotopic (exact) mass is 308 g/mol. The number of hydrogen-bond acceptors (Lipinski definition) is 2. The number of rotatable bonds is 4. The van der Waals surface area contributed by atoms with Crippen molar-refractivity contribution in [2.75, 3.05) is 20.1 Å². The van der Waals surface area contributed by atoms with Gasteiger partial charge in [0.2, 0.25) is 5.91 Å². The zero-order valence-electron chi connectivity index (χ0n) is 10.5. The summed E-state index contributed by atoms with van der Waals surface area (Å²) in [6, 6.07) is 5.99. The Hall–Kier alpha value is -1.76. The van der Waals surface area contributed by atoms with Gasteiger partial charge in [-0.2, -0.15) is 13.2 Å². The Morgan fingerprint density at radius 3 is 2.55 bits per heavy atom.